The van der Waals surface area contributed by atoms with Crippen molar-refractivity contribution < 1.29 is 17.9 Å². The number of methoxy groups -OCH3 is 1. The molecule has 2 aliphatic rings. The van der Waals surface area contributed by atoms with Crippen LogP contribution in [0.2, 0.25) is 0 Å². The van der Waals surface area contributed by atoms with Gasteiger partial charge in [-0.15, -0.1) is 0 Å². The van der Waals surface area contributed by atoms with Crippen LogP contribution in [0.3, 0.4) is 0 Å². The van der Waals surface area contributed by atoms with Crippen LogP contribution in [0.4, 0.5) is 0 Å². The number of rotatable bonds is 4. The zero-order valence-corrected chi connectivity index (χ0v) is 14.0. The highest BCUT2D eigenvalue weighted by Gasteiger charge is 2.64. The summed E-state index contributed by atoms with van der Waals surface area (Å²) in [6.45, 7) is 0. The molecule has 0 radical (unpaired) electrons. The molecule has 1 aromatic rings. The van der Waals surface area contributed by atoms with Gasteiger partial charge >= 0.3 is 5.97 Å². The monoisotopic (exact) mass is 342 g/mol. The van der Waals surface area contributed by atoms with Crippen LogP contribution in [0.1, 0.15) is 37.7 Å². The molecule has 0 saturated heterocycles. The number of halogens is 1. The van der Waals surface area contributed by atoms with Crippen molar-refractivity contribution in [1.82, 2.24) is 0 Å². The van der Waals surface area contributed by atoms with Gasteiger partial charge in [0.25, 0.3) is 9.05 Å². The first-order valence-corrected chi connectivity index (χ1v) is 9.84. The van der Waals surface area contributed by atoms with Crippen LogP contribution in [0.25, 0.3) is 0 Å². The minimum Gasteiger partial charge on any atom is -0.468 e. The third kappa shape index (κ3) is 2.54. The number of carbonyl (C=O) groups is 1. The van der Waals surface area contributed by atoms with Crippen LogP contribution in [-0.4, -0.2) is 21.5 Å². The highest BCUT2D eigenvalue weighted by atomic mass is 35.7. The summed E-state index contributed by atoms with van der Waals surface area (Å²) in [6, 6.07) is 6.32. The summed E-state index contributed by atoms with van der Waals surface area (Å²) >= 11 is 0. The van der Waals surface area contributed by atoms with Crippen LogP contribution in [0, 0.1) is 11.8 Å². The van der Waals surface area contributed by atoms with Crippen molar-refractivity contribution in [1.29, 1.82) is 0 Å². The van der Waals surface area contributed by atoms with Crippen molar-refractivity contribution in [3.8, 4) is 0 Å². The molecule has 2 saturated carbocycles. The first-order chi connectivity index (χ1) is 10.4. The van der Waals surface area contributed by atoms with Gasteiger partial charge < -0.3 is 4.74 Å². The Kier molecular flexibility index (Phi) is 3.98. The van der Waals surface area contributed by atoms with Gasteiger partial charge in [0, 0.05) is 10.7 Å². The number of esters is 1. The fourth-order valence-electron chi connectivity index (χ4n) is 4.00. The van der Waals surface area contributed by atoms with Crippen LogP contribution in [-0.2, 0) is 24.0 Å². The predicted molar refractivity (Wildman–Crippen MR) is 83.2 cm³/mol. The second-order valence-electron chi connectivity index (χ2n) is 6.28. The highest BCUT2D eigenvalue weighted by Crippen LogP contribution is 2.61. The van der Waals surface area contributed by atoms with E-state index in [0.717, 1.165) is 24.8 Å². The molecule has 0 heterocycles. The molecule has 2 fully saturated rings. The number of carbonyl (C=O) groups excluding carboxylic acids is 1. The van der Waals surface area contributed by atoms with Gasteiger partial charge in [0.05, 0.1) is 17.4 Å². The molecule has 6 heteroatoms. The Hall–Kier alpha value is -1.07. The van der Waals surface area contributed by atoms with E-state index in [2.05, 4.69) is 0 Å². The zero-order valence-electron chi connectivity index (χ0n) is 12.4. The fraction of sp³-hybridized carbons (Fsp3) is 0.562. The molecular formula is C16H19ClO4S. The molecule has 3 rings (SSSR count). The van der Waals surface area contributed by atoms with Crippen molar-refractivity contribution in [2.75, 3.05) is 7.11 Å². The molecule has 1 aromatic carbocycles. The molecule has 0 N–H and O–H groups in total. The molecule has 2 aliphatic carbocycles. The molecule has 120 valence electrons. The molecule has 0 spiro atoms. The van der Waals surface area contributed by atoms with Gasteiger partial charge in [-0.25, -0.2) is 8.42 Å². The molecule has 4 nitrogen and oxygen atoms in total. The van der Waals surface area contributed by atoms with E-state index in [1.165, 1.54) is 32.1 Å². The molecule has 22 heavy (non-hydrogen) atoms. The molecular weight excluding hydrogens is 324 g/mol. The minimum absolute atomic E-state index is 0.0519. The van der Waals surface area contributed by atoms with E-state index in [-0.39, 0.29) is 10.9 Å². The van der Waals surface area contributed by atoms with Crippen LogP contribution in [0.5, 0.6) is 0 Å². The van der Waals surface area contributed by atoms with Crippen molar-refractivity contribution in [2.24, 2.45) is 11.8 Å². The third-order valence-electron chi connectivity index (χ3n) is 5.18. The second-order valence-corrected chi connectivity index (χ2v) is 8.85. The van der Waals surface area contributed by atoms with Crippen LogP contribution >= 0.6 is 10.7 Å². The summed E-state index contributed by atoms with van der Waals surface area (Å²) in [4.78, 5) is 12.4. The van der Waals surface area contributed by atoms with Crippen molar-refractivity contribution in [2.45, 2.75) is 42.4 Å². The Labute approximate surface area is 135 Å². The SMILES string of the molecule is COC(=O)C1(c2ccc(S(=O)(=O)Cl)cc2)CC1C1CCCC1. The number of hydrogen-bond donors (Lipinski definition) is 0. The Morgan fingerprint density at radius 3 is 2.32 bits per heavy atom. The average Bonchev–Trinajstić information content (AvgIpc) is 3.02. The van der Waals surface area contributed by atoms with Gasteiger partial charge in [-0.2, -0.15) is 0 Å². The summed E-state index contributed by atoms with van der Waals surface area (Å²) in [5.41, 5.74) is 0.235. The Balaban J connectivity index is 1.93. The third-order valence-corrected chi connectivity index (χ3v) is 6.55. The van der Waals surface area contributed by atoms with Crippen LogP contribution in [0.15, 0.2) is 29.2 Å². The molecule has 2 atom stereocenters. The first kappa shape index (κ1) is 15.8. The molecule has 0 amide bonds. The molecule has 0 aromatic heterocycles. The lowest BCUT2D eigenvalue weighted by atomic mass is 9.87. The lowest BCUT2D eigenvalue weighted by Gasteiger charge is -2.18. The van der Waals surface area contributed by atoms with E-state index in [0.29, 0.717) is 11.8 Å². The van der Waals surface area contributed by atoms with E-state index in [1.54, 1.807) is 12.1 Å². The summed E-state index contributed by atoms with van der Waals surface area (Å²) in [6.07, 6.45) is 5.57. The summed E-state index contributed by atoms with van der Waals surface area (Å²) in [5.74, 6) is 0.655. The summed E-state index contributed by atoms with van der Waals surface area (Å²) < 4.78 is 27.7. The second kappa shape index (κ2) is 5.53. The predicted octanol–water partition coefficient (Wildman–Crippen LogP) is 3.24. The maximum absolute atomic E-state index is 12.4. The van der Waals surface area contributed by atoms with Crippen LogP contribution < -0.4 is 0 Å². The van der Waals surface area contributed by atoms with E-state index in [1.807, 2.05) is 0 Å². The maximum atomic E-state index is 12.4. The Morgan fingerprint density at radius 1 is 1.23 bits per heavy atom. The number of benzene rings is 1. The summed E-state index contributed by atoms with van der Waals surface area (Å²) in [7, 11) is 3.01. The first-order valence-electron chi connectivity index (χ1n) is 7.53. The van der Waals surface area contributed by atoms with E-state index in [9.17, 15) is 13.2 Å². The quantitative estimate of drug-likeness (QED) is 0.622. The smallest absolute Gasteiger partial charge is 0.316 e. The number of ether oxygens (including phenoxy) is 1. The van der Waals surface area contributed by atoms with Crippen molar-refractivity contribution >= 4 is 25.7 Å². The van der Waals surface area contributed by atoms with Gasteiger partial charge in [0.1, 0.15) is 0 Å². The van der Waals surface area contributed by atoms with Gasteiger partial charge in [0.2, 0.25) is 0 Å². The standard InChI is InChI=1S/C16H19ClO4S/c1-21-15(18)16(10-14(16)11-4-2-3-5-11)12-6-8-13(9-7-12)22(17,19)20/h6-9,11,14H,2-5,10H2,1H3. The topological polar surface area (TPSA) is 60.4 Å². The molecule has 0 aliphatic heterocycles. The molecule has 2 unspecified atom stereocenters. The van der Waals surface area contributed by atoms with E-state index in [4.69, 9.17) is 15.4 Å². The average molecular weight is 343 g/mol. The van der Waals surface area contributed by atoms with E-state index >= 15 is 0 Å². The van der Waals surface area contributed by atoms with Gasteiger partial charge in [-0.1, -0.05) is 37.8 Å². The lowest BCUT2D eigenvalue weighted by Crippen LogP contribution is -2.26. The lowest BCUT2D eigenvalue weighted by molar-refractivity contribution is -0.144. The largest absolute Gasteiger partial charge is 0.468 e. The van der Waals surface area contributed by atoms with Gasteiger partial charge in [-0.3, -0.25) is 4.79 Å². The van der Waals surface area contributed by atoms with Gasteiger partial charge in [0.15, 0.2) is 0 Å². The maximum Gasteiger partial charge on any atom is 0.316 e. The summed E-state index contributed by atoms with van der Waals surface area (Å²) in [5, 5.41) is 0. The normalized spacial score (nSPS) is 28.5. The Bertz CT molecular complexity index is 677. The van der Waals surface area contributed by atoms with Crippen molar-refractivity contribution in [3.05, 3.63) is 29.8 Å². The Morgan fingerprint density at radius 2 is 1.82 bits per heavy atom. The number of hydrogen-bond acceptors (Lipinski definition) is 4. The fourth-order valence-corrected chi connectivity index (χ4v) is 4.77. The molecule has 0 bridgehead atoms. The highest BCUT2D eigenvalue weighted by molar-refractivity contribution is 8.13. The minimum atomic E-state index is -3.74. The van der Waals surface area contributed by atoms with E-state index < -0.39 is 14.5 Å². The van der Waals surface area contributed by atoms with Crippen molar-refractivity contribution in [3.63, 3.8) is 0 Å². The van der Waals surface area contributed by atoms with Gasteiger partial charge in [-0.05, 0) is 36.0 Å². The zero-order chi connectivity index (χ0) is 16.0.